The predicted molar refractivity (Wildman–Crippen MR) is 109 cm³/mol. The van der Waals surface area contributed by atoms with Crippen molar-refractivity contribution in [3.63, 3.8) is 0 Å². The number of hydrogen-bond acceptors (Lipinski definition) is 5. The lowest BCUT2D eigenvalue weighted by Gasteiger charge is -2.33. The summed E-state index contributed by atoms with van der Waals surface area (Å²) < 4.78 is 0. The molecule has 4 heterocycles. The topological polar surface area (TPSA) is 85.4 Å². The normalized spacial score (nSPS) is 23.7. The van der Waals surface area contributed by atoms with Gasteiger partial charge < -0.3 is 19.7 Å². The first kappa shape index (κ1) is 18.4. The van der Waals surface area contributed by atoms with Crippen LogP contribution in [0.4, 0.5) is 5.82 Å². The van der Waals surface area contributed by atoms with Crippen molar-refractivity contribution < 1.29 is 9.59 Å². The molecule has 8 nitrogen and oxygen atoms in total. The summed E-state index contributed by atoms with van der Waals surface area (Å²) in [6.45, 7) is 4.59. The largest absolute Gasteiger partial charge is 0.354 e. The van der Waals surface area contributed by atoms with Crippen molar-refractivity contribution in [2.24, 2.45) is 11.3 Å². The number of aromatic amines is 1. The standard InChI is InChI=1S/C21H28N6O2/c1-14(28)26-9-4-15(5-10-26)20(29)27-11-17(21(12-27)6-7-21)25(2)19-16-3-8-22-18(16)23-13-24-19/h3,8,13,15,17H,4-7,9-12H2,1-2H3,(H,22,23,24)/t17-/m0/s1. The fraction of sp³-hybridized carbons (Fsp3) is 0.619. The van der Waals surface area contributed by atoms with E-state index < -0.39 is 0 Å². The Morgan fingerprint density at radius 2 is 1.97 bits per heavy atom. The zero-order valence-corrected chi connectivity index (χ0v) is 17.1. The van der Waals surface area contributed by atoms with Crippen LogP contribution in [0.15, 0.2) is 18.6 Å². The Hall–Kier alpha value is -2.64. The molecule has 29 heavy (non-hydrogen) atoms. The van der Waals surface area contributed by atoms with Crippen LogP contribution in [0.25, 0.3) is 11.0 Å². The Bertz CT molecular complexity index is 944. The van der Waals surface area contributed by atoms with Crippen molar-refractivity contribution in [1.82, 2.24) is 24.8 Å². The molecular weight excluding hydrogens is 368 g/mol. The molecule has 2 aromatic heterocycles. The summed E-state index contributed by atoms with van der Waals surface area (Å²) >= 11 is 0. The van der Waals surface area contributed by atoms with E-state index in [2.05, 4.69) is 31.8 Å². The second kappa shape index (κ2) is 6.71. The number of fused-ring (bicyclic) bond motifs is 1. The Labute approximate surface area is 170 Å². The van der Waals surface area contributed by atoms with Crippen LogP contribution in [0.2, 0.25) is 0 Å². The van der Waals surface area contributed by atoms with Gasteiger partial charge in [0.1, 0.15) is 17.8 Å². The van der Waals surface area contributed by atoms with E-state index in [0.717, 1.165) is 55.6 Å². The van der Waals surface area contributed by atoms with Crippen LogP contribution in [0.1, 0.15) is 32.6 Å². The summed E-state index contributed by atoms with van der Waals surface area (Å²) in [5.41, 5.74) is 1.03. The number of anilines is 1. The fourth-order valence-electron chi connectivity index (χ4n) is 5.29. The van der Waals surface area contributed by atoms with Gasteiger partial charge in [0.05, 0.1) is 11.4 Å². The maximum Gasteiger partial charge on any atom is 0.225 e. The highest BCUT2D eigenvalue weighted by Gasteiger charge is 2.58. The number of aromatic nitrogens is 3. The molecule has 154 valence electrons. The summed E-state index contributed by atoms with van der Waals surface area (Å²) in [7, 11) is 2.10. The molecule has 0 radical (unpaired) electrons. The number of likely N-dealkylation sites (tertiary alicyclic amines) is 2. The maximum absolute atomic E-state index is 13.2. The summed E-state index contributed by atoms with van der Waals surface area (Å²) in [6.07, 6.45) is 7.37. The highest BCUT2D eigenvalue weighted by molar-refractivity contribution is 5.87. The lowest BCUT2D eigenvalue weighted by molar-refractivity contribution is -0.139. The molecule has 1 saturated carbocycles. The SMILES string of the molecule is CC(=O)N1CCC(C(=O)N2C[C@H](N(C)c3ncnc4[nH]ccc34)C3(CC3)C2)CC1. The van der Waals surface area contributed by atoms with Gasteiger partial charge >= 0.3 is 0 Å². The molecule has 2 saturated heterocycles. The third-order valence-corrected chi connectivity index (χ3v) is 7.23. The molecule has 2 aliphatic heterocycles. The number of carbonyl (C=O) groups excluding carboxylic acids is 2. The summed E-state index contributed by atoms with van der Waals surface area (Å²) in [5, 5.41) is 1.02. The van der Waals surface area contributed by atoms with Gasteiger partial charge in [-0.3, -0.25) is 9.59 Å². The van der Waals surface area contributed by atoms with E-state index in [1.165, 1.54) is 0 Å². The van der Waals surface area contributed by atoms with E-state index in [1.54, 1.807) is 13.3 Å². The van der Waals surface area contributed by atoms with E-state index in [0.29, 0.717) is 13.1 Å². The molecule has 0 aromatic carbocycles. The van der Waals surface area contributed by atoms with Crippen LogP contribution in [-0.2, 0) is 9.59 Å². The number of rotatable bonds is 3. The molecule has 1 spiro atoms. The van der Waals surface area contributed by atoms with Crippen LogP contribution < -0.4 is 4.90 Å². The van der Waals surface area contributed by atoms with Crippen molar-refractivity contribution in [3.05, 3.63) is 18.6 Å². The van der Waals surface area contributed by atoms with Crippen LogP contribution >= 0.6 is 0 Å². The smallest absolute Gasteiger partial charge is 0.225 e. The van der Waals surface area contributed by atoms with E-state index in [1.807, 2.05) is 17.2 Å². The van der Waals surface area contributed by atoms with Crippen LogP contribution in [0, 0.1) is 11.3 Å². The Balaban J connectivity index is 1.32. The molecule has 2 aromatic rings. The molecule has 1 aliphatic carbocycles. The van der Waals surface area contributed by atoms with Crippen molar-refractivity contribution in [1.29, 1.82) is 0 Å². The second-order valence-electron chi connectivity index (χ2n) is 8.93. The third-order valence-electron chi connectivity index (χ3n) is 7.23. The van der Waals surface area contributed by atoms with Gasteiger partial charge in [0.25, 0.3) is 0 Å². The highest BCUT2D eigenvalue weighted by atomic mass is 16.2. The van der Waals surface area contributed by atoms with Crippen LogP contribution in [-0.4, -0.2) is 75.8 Å². The summed E-state index contributed by atoms with van der Waals surface area (Å²) in [4.78, 5) is 43.0. The molecule has 2 amide bonds. The molecule has 1 N–H and O–H groups in total. The van der Waals surface area contributed by atoms with Gasteiger partial charge in [0, 0.05) is 57.7 Å². The first-order valence-corrected chi connectivity index (χ1v) is 10.5. The molecule has 8 heteroatoms. The van der Waals surface area contributed by atoms with Crippen molar-refractivity contribution in [2.75, 3.05) is 38.1 Å². The molecule has 0 bridgehead atoms. The summed E-state index contributed by atoms with van der Waals surface area (Å²) in [5.74, 6) is 1.35. The van der Waals surface area contributed by atoms with Gasteiger partial charge in [-0.05, 0) is 31.7 Å². The van der Waals surface area contributed by atoms with Crippen molar-refractivity contribution >= 4 is 28.7 Å². The highest BCUT2D eigenvalue weighted by Crippen LogP contribution is 2.55. The molecule has 3 aliphatic rings. The lowest BCUT2D eigenvalue weighted by atomic mass is 9.95. The predicted octanol–water partition coefficient (Wildman–Crippen LogP) is 1.64. The third kappa shape index (κ3) is 3.05. The molecule has 5 rings (SSSR count). The van der Waals surface area contributed by atoms with E-state index in [-0.39, 0.29) is 29.2 Å². The number of carbonyl (C=O) groups is 2. The Morgan fingerprint density at radius 1 is 1.21 bits per heavy atom. The zero-order valence-electron chi connectivity index (χ0n) is 17.1. The van der Waals surface area contributed by atoms with Crippen molar-refractivity contribution in [3.8, 4) is 0 Å². The second-order valence-corrected chi connectivity index (χ2v) is 8.93. The lowest BCUT2D eigenvalue weighted by Crippen LogP contribution is -2.44. The van der Waals surface area contributed by atoms with Gasteiger partial charge in [0.2, 0.25) is 11.8 Å². The monoisotopic (exact) mass is 396 g/mol. The average molecular weight is 396 g/mol. The number of hydrogen-bond donors (Lipinski definition) is 1. The summed E-state index contributed by atoms with van der Waals surface area (Å²) in [6, 6.07) is 2.29. The molecule has 0 unspecified atom stereocenters. The maximum atomic E-state index is 13.2. The van der Waals surface area contributed by atoms with Crippen LogP contribution in [0.3, 0.4) is 0 Å². The molecular formula is C21H28N6O2. The minimum Gasteiger partial charge on any atom is -0.354 e. The minimum absolute atomic E-state index is 0.0425. The van der Waals surface area contributed by atoms with Gasteiger partial charge in [-0.25, -0.2) is 9.97 Å². The number of amides is 2. The van der Waals surface area contributed by atoms with Crippen molar-refractivity contribution in [2.45, 2.75) is 38.6 Å². The number of likely N-dealkylation sites (N-methyl/N-ethyl adjacent to an activating group) is 1. The van der Waals surface area contributed by atoms with Gasteiger partial charge in [-0.1, -0.05) is 0 Å². The zero-order chi connectivity index (χ0) is 20.2. The number of H-pyrrole nitrogens is 1. The van der Waals surface area contributed by atoms with E-state index in [9.17, 15) is 9.59 Å². The fourth-order valence-corrected chi connectivity index (χ4v) is 5.29. The minimum atomic E-state index is 0.0425. The number of nitrogens with one attached hydrogen (secondary N) is 1. The van der Waals surface area contributed by atoms with Gasteiger partial charge in [-0.2, -0.15) is 0 Å². The number of nitrogens with zero attached hydrogens (tertiary/aromatic N) is 5. The molecule has 1 atom stereocenters. The van der Waals surface area contributed by atoms with Crippen LogP contribution in [0.5, 0.6) is 0 Å². The first-order valence-electron chi connectivity index (χ1n) is 10.5. The quantitative estimate of drug-likeness (QED) is 0.853. The van der Waals surface area contributed by atoms with Gasteiger partial charge in [-0.15, -0.1) is 0 Å². The first-order chi connectivity index (χ1) is 14.0. The Kier molecular flexibility index (Phi) is 4.26. The van der Waals surface area contributed by atoms with E-state index >= 15 is 0 Å². The Morgan fingerprint density at radius 3 is 2.66 bits per heavy atom. The average Bonchev–Trinajstić information content (AvgIpc) is 3.17. The number of piperidine rings is 1. The molecule has 3 fully saturated rings. The van der Waals surface area contributed by atoms with Gasteiger partial charge in [0.15, 0.2) is 0 Å². The van der Waals surface area contributed by atoms with E-state index in [4.69, 9.17) is 0 Å².